The highest BCUT2D eigenvalue weighted by Gasteiger charge is 2.20. The number of carbonyl (C=O) groups excluding carboxylic acids is 2. The largest absolute Gasteiger partial charge is 0.398 e. The number of hydrogen-bond donors (Lipinski definition) is 1. The minimum Gasteiger partial charge on any atom is -0.398 e. The van der Waals surface area contributed by atoms with Gasteiger partial charge in [0.15, 0.2) is 5.78 Å². The van der Waals surface area contributed by atoms with Crippen LogP contribution in [0, 0.1) is 0 Å². The predicted molar refractivity (Wildman–Crippen MR) is 117 cm³/mol. The molecule has 0 unspecified atom stereocenters. The van der Waals surface area contributed by atoms with E-state index in [1.165, 1.54) is 13.0 Å². The Bertz CT molecular complexity index is 1130. The summed E-state index contributed by atoms with van der Waals surface area (Å²) in [6.45, 7) is 1.18. The first-order valence-corrected chi connectivity index (χ1v) is 9.50. The Labute approximate surface area is 174 Å². The normalized spacial score (nSPS) is 10.8. The Hall–Kier alpha value is -3.93. The molecule has 1 heterocycles. The van der Waals surface area contributed by atoms with Crippen LogP contribution in [0.15, 0.2) is 71.5 Å². The average molecular weight is 402 g/mol. The maximum Gasteiger partial charge on any atom is 0.330 e. The molecule has 2 aromatic carbocycles. The minimum atomic E-state index is -0.754. The first-order valence-electron chi connectivity index (χ1n) is 9.50. The summed E-state index contributed by atoms with van der Waals surface area (Å²) in [5.74, 6) is -1.08. The van der Waals surface area contributed by atoms with Crippen molar-refractivity contribution in [2.75, 3.05) is 5.73 Å². The lowest BCUT2D eigenvalue weighted by Gasteiger charge is -2.13. The third-order valence-electron chi connectivity index (χ3n) is 4.45. The number of anilines is 1. The molecule has 6 nitrogen and oxygen atoms in total. The SMILES string of the molecule is CC(=O)On1c(C=Cc2ccccc2)cc(N)c(C(=O)CCc2ccccc2)c1=O. The van der Waals surface area contributed by atoms with E-state index >= 15 is 0 Å². The zero-order valence-corrected chi connectivity index (χ0v) is 16.6. The first-order chi connectivity index (χ1) is 14.5. The molecule has 0 saturated heterocycles. The van der Waals surface area contributed by atoms with Crippen molar-refractivity contribution in [3.05, 3.63) is 99.5 Å². The topological polar surface area (TPSA) is 91.4 Å². The fourth-order valence-corrected chi connectivity index (χ4v) is 3.02. The van der Waals surface area contributed by atoms with Crippen molar-refractivity contribution >= 4 is 29.6 Å². The molecule has 0 fully saturated rings. The molecule has 0 bridgehead atoms. The molecule has 0 atom stereocenters. The smallest absolute Gasteiger partial charge is 0.330 e. The van der Waals surface area contributed by atoms with Gasteiger partial charge in [0.2, 0.25) is 0 Å². The van der Waals surface area contributed by atoms with E-state index in [9.17, 15) is 14.4 Å². The van der Waals surface area contributed by atoms with Crippen molar-refractivity contribution < 1.29 is 14.4 Å². The zero-order chi connectivity index (χ0) is 21.5. The Kier molecular flexibility index (Phi) is 6.60. The van der Waals surface area contributed by atoms with Gasteiger partial charge in [0, 0.05) is 13.3 Å². The van der Waals surface area contributed by atoms with Crippen LogP contribution in [-0.4, -0.2) is 16.5 Å². The molecule has 0 amide bonds. The molecule has 6 heteroatoms. The van der Waals surface area contributed by atoms with Gasteiger partial charge in [-0.3, -0.25) is 9.59 Å². The lowest BCUT2D eigenvalue weighted by Crippen LogP contribution is -2.35. The molecule has 0 aliphatic carbocycles. The third-order valence-corrected chi connectivity index (χ3v) is 4.45. The van der Waals surface area contributed by atoms with Crippen molar-refractivity contribution in [3.63, 3.8) is 0 Å². The second-order valence-corrected chi connectivity index (χ2v) is 6.73. The molecule has 3 aromatic rings. The van der Waals surface area contributed by atoms with E-state index < -0.39 is 17.3 Å². The number of aromatic nitrogens is 1. The van der Waals surface area contributed by atoms with E-state index in [-0.39, 0.29) is 23.4 Å². The number of carbonyl (C=O) groups is 2. The standard InChI is InChI=1S/C24H22N2O4/c1-17(27)30-26-20(14-12-18-8-4-2-5-9-18)16-21(25)23(24(26)29)22(28)15-13-19-10-6-3-7-11-19/h2-12,14,16H,13,15,25H2,1H3. The summed E-state index contributed by atoms with van der Waals surface area (Å²) in [6.07, 6.45) is 3.95. The molecule has 0 aliphatic rings. The van der Waals surface area contributed by atoms with Gasteiger partial charge in [-0.05, 0) is 29.7 Å². The molecular formula is C24H22N2O4. The van der Waals surface area contributed by atoms with Gasteiger partial charge in [0.1, 0.15) is 5.56 Å². The molecular weight excluding hydrogens is 380 g/mol. The van der Waals surface area contributed by atoms with Gasteiger partial charge < -0.3 is 10.6 Å². The summed E-state index contributed by atoms with van der Waals surface area (Å²) in [7, 11) is 0. The molecule has 2 N–H and O–H groups in total. The van der Waals surface area contributed by atoms with E-state index in [2.05, 4.69) is 0 Å². The zero-order valence-electron chi connectivity index (χ0n) is 16.6. The number of nitrogen functional groups attached to an aromatic ring is 1. The summed E-state index contributed by atoms with van der Waals surface area (Å²) in [4.78, 5) is 42.3. The van der Waals surface area contributed by atoms with Crippen molar-refractivity contribution in [2.24, 2.45) is 0 Å². The number of ketones is 1. The van der Waals surface area contributed by atoms with Crippen LogP contribution in [0.3, 0.4) is 0 Å². The number of hydrogen-bond acceptors (Lipinski definition) is 5. The van der Waals surface area contributed by atoms with Crippen molar-refractivity contribution in [1.29, 1.82) is 0 Å². The summed E-state index contributed by atoms with van der Waals surface area (Å²) < 4.78 is 0.813. The second kappa shape index (κ2) is 9.52. The van der Waals surface area contributed by atoms with E-state index in [4.69, 9.17) is 10.6 Å². The third kappa shape index (κ3) is 5.11. The van der Waals surface area contributed by atoms with Crippen LogP contribution in [0.5, 0.6) is 0 Å². The second-order valence-electron chi connectivity index (χ2n) is 6.73. The fraction of sp³-hybridized carbons (Fsp3) is 0.125. The van der Waals surface area contributed by atoms with E-state index in [0.717, 1.165) is 15.9 Å². The minimum absolute atomic E-state index is 0.0502. The first kappa shape index (κ1) is 20.8. The van der Waals surface area contributed by atoms with Crippen molar-refractivity contribution in [2.45, 2.75) is 19.8 Å². The molecule has 1 aromatic heterocycles. The molecule has 0 aliphatic heterocycles. The number of aryl methyl sites for hydroxylation is 1. The van der Waals surface area contributed by atoms with Gasteiger partial charge in [0.05, 0.1) is 11.4 Å². The predicted octanol–water partition coefficient (Wildman–Crippen LogP) is 3.39. The molecule has 30 heavy (non-hydrogen) atoms. The van der Waals surface area contributed by atoms with Crippen LogP contribution < -0.4 is 16.1 Å². The monoisotopic (exact) mass is 402 g/mol. The van der Waals surface area contributed by atoms with Crippen LogP contribution in [0.2, 0.25) is 0 Å². The highest BCUT2D eigenvalue weighted by Crippen LogP contribution is 2.16. The number of Topliss-reactive ketones (excluding diaryl/α,β-unsaturated/α-hetero) is 1. The maximum atomic E-state index is 13.0. The number of pyridine rings is 1. The Balaban J connectivity index is 1.94. The van der Waals surface area contributed by atoms with E-state index in [0.29, 0.717) is 6.42 Å². The highest BCUT2D eigenvalue weighted by molar-refractivity contribution is 6.00. The van der Waals surface area contributed by atoms with Crippen LogP contribution >= 0.6 is 0 Å². The van der Waals surface area contributed by atoms with Gasteiger partial charge >= 0.3 is 5.97 Å². The highest BCUT2D eigenvalue weighted by atomic mass is 16.7. The van der Waals surface area contributed by atoms with E-state index in [1.54, 1.807) is 12.2 Å². The summed E-state index contributed by atoms with van der Waals surface area (Å²) in [5, 5.41) is 0. The van der Waals surface area contributed by atoms with E-state index in [1.807, 2.05) is 60.7 Å². The van der Waals surface area contributed by atoms with Crippen LogP contribution in [0.4, 0.5) is 5.69 Å². The fourth-order valence-electron chi connectivity index (χ4n) is 3.02. The van der Waals surface area contributed by atoms with Gasteiger partial charge in [-0.1, -0.05) is 66.7 Å². The number of nitrogens with zero attached hydrogens (tertiary/aromatic N) is 1. The van der Waals surface area contributed by atoms with Crippen molar-refractivity contribution in [3.8, 4) is 0 Å². The molecule has 3 rings (SSSR count). The number of nitrogens with two attached hydrogens (primary N) is 1. The van der Waals surface area contributed by atoms with Gasteiger partial charge in [-0.25, -0.2) is 4.79 Å². The molecule has 0 radical (unpaired) electrons. The van der Waals surface area contributed by atoms with Gasteiger partial charge in [0.25, 0.3) is 5.56 Å². The average Bonchev–Trinajstić information content (AvgIpc) is 2.74. The molecule has 0 saturated carbocycles. The quantitative estimate of drug-likeness (QED) is 0.612. The molecule has 0 spiro atoms. The van der Waals surface area contributed by atoms with Crippen LogP contribution in [0.1, 0.15) is 40.5 Å². The lowest BCUT2D eigenvalue weighted by molar-refractivity contribution is -0.142. The van der Waals surface area contributed by atoms with Crippen LogP contribution in [0.25, 0.3) is 12.2 Å². The maximum absolute atomic E-state index is 13.0. The van der Waals surface area contributed by atoms with Crippen LogP contribution in [-0.2, 0) is 11.2 Å². The lowest BCUT2D eigenvalue weighted by atomic mass is 10.0. The van der Waals surface area contributed by atoms with Gasteiger partial charge in [-0.2, -0.15) is 0 Å². The summed E-state index contributed by atoms with van der Waals surface area (Å²) in [6, 6.07) is 20.3. The Morgan fingerprint density at radius 3 is 2.27 bits per heavy atom. The Morgan fingerprint density at radius 2 is 1.63 bits per heavy atom. The Morgan fingerprint density at radius 1 is 1.00 bits per heavy atom. The number of rotatable bonds is 7. The van der Waals surface area contributed by atoms with Gasteiger partial charge in [-0.15, -0.1) is 4.73 Å². The molecule has 152 valence electrons. The number of benzene rings is 2. The summed E-state index contributed by atoms with van der Waals surface area (Å²) >= 11 is 0. The summed E-state index contributed by atoms with van der Waals surface area (Å²) in [5.41, 5.74) is 7.30. The van der Waals surface area contributed by atoms with Crippen molar-refractivity contribution in [1.82, 2.24) is 4.73 Å².